The van der Waals surface area contributed by atoms with E-state index in [1.807, 2.05) is 32.8 Å². The van der Waals surface area contributed by atoms with Gasteiger partial charge in [-0.05, 0) is 26.9 Å². The van der Waals surface area contributed by atoms with E-state index in [1.165, 1.54) is 0 Å². The minimum absolute atomic E-state index is 0.102. The largest absolute Gasteiger partial charge is 0.481 e. The first kappa shape index (κ1) is 17.8. The van der Waals surface area contributed by atoms with E-state index >= 15 is 0 Å². The van der Waals surface area contributed by atoms with Crippen LogP contribution in [0.4, 0.5) is 0 Å². The Balaban J connectivity index is 0. The minimum Gasteiger partial charge on any atom is -0.481 e. The lowest BCUT2D eigenvalue weighted by molar-refractivity contribution is -0.142. The number of likely N-dealkylation sites (N-methyl/N-ethyl adjacent to an activating group) is 1. The van der Waals surface area contributed by atoms with Gasteiger partial charge < -0.3 is 15.1 Å². The Kier molecular flexibility index (Phi) is 13.8. The van der Waals surface area contributed by atoms with E-state index in [1.54, 1.807) is 0 Å². The van der Waals surface area contributed by atoms with Crippen molar-refractivity contribution in [1.82, 2.24) is 4.90 Å². The first-order chi connectivity index (χ1) is 7.49. The van der Waals surface area contributed by atoms with Crippen LogP contribution in [0.2, 0.25) is 0 Å². The van der Waals surface area contributed by atoms with Crippen LogP contribution in [0.5, 0.6) is 0 Å². The first-order valence-electron chi connectivity index (χ1n) is 5.97. The molecular formula is C12H27NO3. The van der Waals surface area contributed by atoms with Gasteiger partial charge in [0.1, 0.15) is 0 Å². The maximum absolute atomic E-state index is 10.5. The molecule has 0 heterocycles. The second-order valence-electron chi connectivity index (χ2n) is 4.14. The van der Waals surface area contributed by atoms with Gasteiger partial charge in [0.05, 0.1) is 12.5 Å². The number of aliphatic hydroxyl groups excluding tert-OH is 1. The van der Waals surface area contributed by atoms with Crippen molar-refractivity contribution in [3.8, 4) is 0 Å². The van der Waals surface area contributed by atoms with Gasteiger partial charge in [0.15, 0.2) is 0 Å². The van der Waals surface area contributed by atoms with Crippen molar-refractivity contribution in [3.05, 3.63) is 0 Å². The molecule has 0 amide bonds. The molecule has 0 aliphatic heterocycles. The molecule has 0 unspecified atom stereocenters. The number of aliphatic carboxylic acids is 1. The third-order valence-electron chi connectivity index (χ3n) is 2.17. The van der Waals surface area contributed by atoms with Crippen LogP contribution in [0, 0.1) is 5.92 Å². The zero-order valence-corrected chi connectivity index (χ0v) is 11.1. The van der Waals surface area contributed by atoms with Crippen LogP contribution in [-0.4, -0.2) is 48.3 Å². The number of aliphatic hydroxyl groups is 1. The molecule has 16 heavy (non-hydrogen) atoms. The average molecular weight is 233 g/mol. The number of rotatable bonds is 7. The lowest BCUT2D eigenvalue weighted by Gasteiger charge is -2.07. The minimum atomic E-state index is -0.635. The molecule has 0 rings (SSSR count). The smallest absolute Gasteiger partial charge is 0.306 e. The molecule has 0 aliphatic rings. The average Bonchev–Trinajstić information content (AvgIpc) is 2.18. The molecule has 0 aromatic heterocycles. The highest BCUT2D eigenvalue weighted by atomic mass is 16.4. The lowest BCUT2D eigenvalue weighted by atomic mass is 9.99. The molecule has 4 nitrogen and oxygen atoms in total. The molecule has 0 aliphatic carbocycles. The second-order valence-corrected chi connectivity index (χ2v) is 4.14. The Morgan fingerprint density at radius 1 is 1.19 bits per heavy atom. The van der Waals surface area contributed by atoms with E-state index in [4.69, 9.17) is 10.2 Å². The Morgan fingerprint density at radius 3 is 1.75 bits per heavy atom. The van der Waals surface area contributed by atoms with Crippen molar-refractivity contribution in [2.24, 2.45) is 5.92 Å². The fourth-order valence-corrected chi connectivity index (χ4v) is 1.29. The van der Waals surface area contributed by atoms with Crippen molar-refractivity contribution in [1.29, 1.82) is 0 Å². The van der Waals surface area contributed by atoms with Gasteiger partial charge in [-0.25, -0.2) is 0 Å². The standard InChI is InChI=1S/C8H16O2.C4H11NO/c1-3-5-7(6-4-2)8(9)10;1-5(2)3-4-6/h7H,3-6H2,1-2H3,(H,9,10);6H,3-4H2,1-2H3. The van der Waals surface area contributed by atoms with E-state index in [0.717, 1.165) is 32.2 Å². The van der Waals surface area contributed by atoms with Crippen LogP contribution < -0.4 is 0 Å². The van der Waals surface area contributed by atoms with Crippen molar-refractivity contribution >= 4 is 5.97 Å². The van der Waals surface area contributed by atoms with Crippen LogP contribution in [-0.2, 0) is 4.79 Å². The molecular weight excluding hydrogens is 206 g/mol. The van der Waals surface area contributed by atoms with Gasteiger partial charge in [-0.1, -0.05) is 26.7 Å². The third kappa shape index (κ3) is 13.4. The van der Waals surface area contributed by atoms with Gasteiger partial charge in [0.2, 0.25) is 0 Å². The molecule has 4 heteroatoms. The van der Waals surface area contributed by atoms with Gasteiger partial charge in [-0.2, -0.15) is 0 Å². The number of hydrogen-bond acceptors (Lipinski definition) is 3. The molecule has 0 saturated carbocycles. The molecule has 0 fully saturated rings. The molecule has 0 saturated heterocycles. The van der Waals surface area contributed by atoms with E-state index in [9.17, 15) is 4.79 Å². The summed E-state index contributed by atoms with van der Waals surface area (Å²) in [6.45, 7) is 5.06. The fourth-order valence-electron chi connectivity index (χ4n) is 1.29. The summed E-state index contributed by atoms with van der Waals surface area (Å²) in [6, 6.07) is 0. The van der Waals surface area contributed by atoms with Gasteiger partial charge in [-0.15, -0.1) is 0 Å². The normalized spacial score (nSPS) is 10.2. The molecule has 98 valence electrons. The Labute approximate surface area is 99.3 Å². The van der Waals surface area contributed by atoms with Crippen LogP contribution in [0.3, 0.4) is 0 Å². The predicted molar refractivity (Wildman–Crippen MR) is 66.6 cm³/mol. The van der Waals surface area contributed by atoms with Crippen molar-refractivity contribution in [2.45, 2.75) is 39.5 Å². The van der Waals surface area contributed by atoms with Crippen molar-refractivity contribution < 1.29 is 15.0 Å². The number of carbonyl (C=O) groups is 1. The Hall–Kier alpha value is -0.610. The fraction of sp³-hybridized carbons (Fsp3) is 0.917. The number of carboxylic acids is 1. The topological polar surface area (TPSA) is 60.8 Å². The Bertz CT molecular complexity index is 154. The monoisotopic (exact) mass is 233 g/mol. The third-order valence-corrected chi connectivity index (χ3v) is 2.17. The van der Waals surface area contributed by atoms with E-state index in [2.05, 4.69) is 0 Å². The molecule has 0 aromatic rings. The van der Waals surface area contributed by atoms with Crippen LogP contribution in [0.25, 0.3) is 0 Å². The SMILES string of the molecule is CCCC(CCC)C(=O)O.CN(C)CCO. The number of nitrogens with zero attached hydrogens (tertiary/aromatic N) is 1. The lowest BCUT2D eigenvalue weighted by Crippen LogP contribution is -2.15. The maximum Gasteiger partial charge on any atom is 0.306 e. The summed E-state index contributed by atoms with van der Waals surface area (Å²) in [4.78, 5) is 12.4. The van der Waals surface area contributed by atoms with Crippen molar-refractivity contribution in [3.63, 3.8) is 0 Å². The van der Waals surface area contributed by atoms with E-state index < -0.39 is 5.97 Å². The zero-order chi connectivity index (χ0) is 13.0. The second kappa shape index (κ2) is 12.5. The number of carboxylic acid groups (broad SMARTS) is 1. The summed E-state index contributed by atoms with van der Waals surface area (Å²) >= 11 is 0. The number of hydrogen-bond donors (Lipinski definition) is 2. The zero-order valence-electron chi connectivity index (χ0n) is 11.1. The molecule has 0 atom stereocenters. The molecule has 0 spiro atoms. The van der Waals surface area contributed by atoms with Gasteiger partial charge >= 0.3 is 5.97 Å². The van der Waals surface area contributed by atoms with Crippen LogP contribution >= 0.6 is 0 Å². The van der Waals surface area contributed by atoms with Crippen molar-refractivity contribution in [2.75, 3.05) is 27.2 Å². The summed E-state index contributed by atoms with van der Waals surface area (Å²) in [5, 5.41) is 16.8. The predicted octanol–water partition coefficient (Wildman–Crippen LogP) is 1.83. The highest BCUT2D eigenvalue weighted by molar-refractivity contribution is 5.69. The highest BCUT2D eigenvalue weighted by Gasteiger charge is 2.13. The summed E-state index contributed by atoms with van der Waals surface area (Å²) < 4.78 is 0. The summed E-state index contributed by atoms with van der Waals surface area (Å²) in [7, 11) is 3.85. The van der Waals surface area contributed by atoms with E-state index in [-0.39, 0.29) is 12.5 Å². The van der Waals surface area contributed by atoms with Gasteiger partial charge in [-0.3, -0.25) is 4.79 Å². The van der Waals surface area contributed by atoms with Gasteiger partial charge in [0.25, 0.3) is 0 Å². The van der Waals surface area contributed by atoms with Crippen LogP contribution in [0.1, 0.15) is 39.5 Å². The molecule has 0 radical (unpaired) electrons. The summed E-state index contributed by atoms with van der Waals surface area (Å²) in [5.74, 6) is -0.737. The van der Waals surface area contributed by atoms with Gasteiger partial charge in [0, 0.05) is 6.54 Å². The van der Waals surface area contributed by atoms with E-state index in [0.29, 0.717) is 0 Å². The highest BCUT2D eigenvalue weighted by Crippen LogP contribution is 2.12. The summed E-state index contributed by atoms with van der Waals surface area (Å²) in [6.07, 6.45) is 3.58. The summed E-state index contributed by atoms with van der Waals surface area (Å²) in [5.41, 5.74) is 0. The maximum atomic E-state index is 10.5. The quantitative estimate of drug-likeness (QED) is 0.704. The molecule has 2 N–H and O–H groups in total. The molecule has 0 aromatic carbocycles. The van der Waals surface area contributed by atoms with Crippen LogP contribution in [0.15, 0.2) is 0 Å². The Morgan fingerprint density at radius 2 is 1.62 bits per heavy atom. The molecule has 0 bridgehead atoms. The first-order valence-corrected chi connectivity index (χ1v) is 5.97.